The highest BCUT2D eigenvalue weighted by Crippen LogP contribution is 2.30. The molecule has 1 N–H and O–H groups in total. The number of nitrogens with zero attached hydrogens (tertiary/aromatic N) is 4. The SMILES string of the molecule is FC(F)Oc1cc2c(-c3ccnc(N4CCOCC4)c3)n[nH]c2cn1. The molecule has 0 aromatic carbocycles. The molecule has 0 atom stereocenters. The van der Waals surface area contributed by atoms with Crippen LogP contribution >= 0.6 is 0 Å². The fraction of sp³-hybridized carbons (Fsp3) is 0.312. The first-order valence-electron chi connectivity index (χ1n) is 7.79. The molecule has 3 aromatic rings. The van der Waals surface area contributed by atoms with Crippen LogP contribution in [0.25, 0.3) is 22.2 Å². The Balaban J connectivity index is 1.71. The number of nitrogens with one attached hydrogen (secondary N) is 1. The zero-order valence-electron chi connectivity index (χ0n) is 13.2. The van der Waals surface area contributed by atoms with Gasteiger partial charge in [0.05, 0.1) is 24.9 Å². The molecule has 1 saturated heterocycles. The number of ether oxygens (including phenoxy) is 2. The highest BCUT2D eigenvalue weighted by atomic mass is 19.3. The fourth-order valence-electron chi connectivity index (χ4n) is 2.80. The van der Waals surface area contributed by atoms with E-state index in [1.54, 1.807) is 6.20 Å². The van der Waals surface area contributed by atoms with Crippen molar-refractivity contribution in [3.8, 4) is 17.1 Å². The second-order valence-corrected chi connectivity index (χ2v) is 5.52. The van der Waals surface area contributed by atoms with E-state index in [1.165, 1.54) is 12.3 Å². The molecule has 1 aliphatic heterocycles. The van der Waals surface area contributed by atoms with Crippen molar-refractivity contribution in [1.82, 2.24) is 20.2 Å². The summed E-state index contributed by atoms with van der Waals surface area (Å²) in [5.74, 6) is 0.683. The number of rotatable bonds is 4. The van der Waals surface area contributed by atoms with E-state index in [0.29, 0.717) is 29.8 Å². The number of pyridine rings is 2. The van der Waals surface area contributed by atoms with Gasteiger partial charge in [-0.1, -0.05) is 0 Å². The van der Waals surface area contributed by atoms with Gasteiger partial charge in [-0.2, -0.15) is 13.9 Å². The molecule has 0 saturated carbocycles. The lowest BCUT2D eigenvalue weighted by Gasteiger charge is -2.27. The average molecular weight is 347 g/mol. The van der Waals surface area contributed by atoms with Crippen molar-refractivity contribution < 1.29 is 18.3 Å². The van der Waals surface area contributed by atoms with Gasteiger partial charge in [0.1, 0.15) is 11.5 Å². The van der Waals surface area contributed by atoms with E-state index >= 15 is 0 Å². The number of aromatic nitrogens is 4. The summed E-state index contributed by atoms with van der Waals surface area (Å²) in [5.41, 5.74) is 2.10. The molecule has 0 unspecified atom stereocenters. The maximum absolute atomic E-state index is 12.4. The molecule has 0 aliphatic carbocycles. The summed E-state index contributed by atoms with van der Waals surface area (Å²) in [6.07, 6.45) is 3.13. The maximum atomic E-state index is 12.4. The Bertz CT molecular complexity index is 880. The number of halogens is 2. The number of hydrogen-bond acceptors (Lipinski definition) is 6. The number of fused-ring (bicyclic) bond motifs is 1. The van der Waals surface area contributed by atoms with E-state index in [0.717, 1.165) is 24.5 Å². The highest BCUT2D eigenvalue weighted by Gasteiger charge is 2.16. The van der Waals surface area contributed by atoms with Crippen LogP contribution in [0.2, 0.25) is 0 Å². The van der Waals surface area contributed by atoms with E-state index in [1.807, 2.05) is 12.1 Å². The molecule has 3 aromatic heterocycles. The summed E-state index contributed by atoms with van der Waals surface area (Å²) in [5, 5.41) is 7.81. The van der Waals surface area contributed by atoms with E-state index in [9.17, 15) is 8.78 Å². The Kier molecular flexibility index (Phi) is 4.14. The van der Waals surface area contributed by atoms with E-state index < -0.39 is 6.61 Å². The number of H-pyrrole nitrogens is 1. The molecule has 0 spiro atoms. The largest absolute Gasteiger partial charge is 0.417 e. The molecule has 4 rings (SSSR count). The second-order valence-electron chi connectivity index (χ2n) is 5.52. The lowest BCUT2D eigenvalue weighted by atomic mass is 10.1. The van der Waals surface area contributed by atoms with Crippen LogP contribution < -0.4 is 9.64 Å². The Morgan fingerprint density at radius 3 is 2.84 bits per heavy atom. The monoisotopic (exact) mass is 347 g/mol. The van der Waals surface area contributed by atoms with Crippen molar-refractivity contribution in [2.45, 2.75) is 6.61 Å². The maximum Gasteiger partial charge on any atom is 0.388 e. The molecule has 1 aliphatic rings. The number of aromatic amines is 1. The first kappa shape index (κ1) is 15.7. The Morgan fingerprint density at radius 1 is 1.20 bits per heavy atom. The summed E-state index contributed by atoms with van der Waals surface area (Å²) < 4.78 is 34.6. The van der Waals surface area contributed by atoms with Gasteiger partial charge in [0.15, 0.2) is 0 Å². The smallest absolute Gasteiger partial charge is 0.388 e. The van der Waals surface area contributed by atoms with Gasteiger partial charge in [-0.3, -0.25) is 5.10 Å². The minimum absolute atomic E-state index is 0.146. The minimum atomic E-state index is -2.92. The fourth-order valence-corrected chi connectivity index (χ4v) is 2.80. The van der Waals surface area contributed by atoms with Crippen LogP contribution in [0.1, 0.15) is 0 Å². The molecular formula is C16H15F2N5O2. The molecular weight excluding hydrogens is 332 g/mol. The predicted molar refractivity (Wildman–Crippen MR) is 86.8 cm³/mol. The molecule has 9 heteroatoms. The molecule has 130 valence electrons. The van der Waals surface area contributed by atoms with Crippen LogP contribution in [-0.2, 0) is 4.74 Å². The zero-order chi connectivity index (χ0) is 17.2. The molecule has 25 heavy (non-hydrogen) atoms. The molecule has 0 amide bonds. The van der Waals surface area contributed by atoms with Crippen molar-refractivity contribution in [2.24, 2.45) is 0 Å². The standard InChI is InChI=1S/C16H15F2N5O2/c17-16(18)25-14-8-11-12(9-20-14)21-22-15(11)10-1-2-19-13(7-10)23-3-5-24-6-4-23/h1-2,7-9,16H,3-6H2,(H,21,22). The Morgan fingerprint density at radius 2 is 2.04 bits per heavy atom. The predicted octanol–water partition coefficient (Wildman–Crippen LogP) is 2.46. The Hall–Kier alpha value is -2.81. The summed E-state index contributed by atoms with van der Waals surface area (Å²) in [6, 6.07) is 5.21. The van der Waals surface area contributed by atoms with Gasteiger partial charge in [-0.05, 0) is 12.1 Å². The number of anilines is 1. The van der Waals surface area contributed by atoms with Gasteiger partial charge < -0.3 is 14.4 Å². The molecule has 0 radical (unpaired) electrons. The molecule has 1 fully saturated rings. The number of alkyl halides is 2. The third-order valence-electron chi connectivity index (χ3n) is 3.99. The third-order valence-corrected chi connectivity index (χ3v) is 3.99. The zero-order valence-corrected chi connectivity index (χ0v) is 13.2. The quantitative estimate of drug-likeness (QED) is 0.781. The van der Waals surface area contributed by atoms with Crippen LogP contribution in [0.15, 0.2) is 30.6 Å². The van der Waals surface area contributed by atoms with Gasteiger partial charge >= 0.3 is 6.61 Å². The third kappa shape index (κ3) is 3.22. The van der Waals surface area contributed by atoms with Gasteiger partial charge in [0.2, 0.25) is 5.88 Å². The van der Waals surface area contributed by atoms with Crippen molar-refractivity contribution in [3.05, 3.63) is 30.6 Å². The molecule has 0 bridgehead atoms. The average Bonchev–Trinajstić information content (AvgIpc) is 3.05. The first-order chi connectivity index (χ1) is 12.2. The second kappa shape index (κ2) is 6.60. The van der Waals surface area contributed by atoms with Crippen molar-refractivity contribution in [2.75, 3.05) is 31.2 Å². The van der Waals surface area contributed by atoms with Crippen LogP contribution in [0.3, 0.4) is 0 Å². The normalized spacial score (nSPS) is 15.1. The van der Waals surface area contributed by atoms with Crippen molar-refractivity contribution in [3.63, 3.8) is 0 Å². The van der Waals surface area contributed by atoms with Crippen LogP contribution in [0, 0.1) is 0 Å². The summed E-state index contributed by atoms with van der Waals surface area (Å²) in [6.45, 7) is -0.0505. The van der Waals surface area contributed by atoms with Crippen LogP contribution in [0.4, 0.5) is 14.6 Å². The topological polar surface area (TPSA) is 76.2 Å². The van der Waals surface area contributed by atoms with Gasteiger partial charge in [-0.15, -0.1) is 0 Å². The van der Waals surface area contributed by atoms with Crippen LogP contribution in [0.5, 0.6) is 5.88 Å². The van der Waals surface area contributed by atoms with Crippen molar-refractivity contribution >= 4 is 16.7 Å². The van der Waals surface area contributed by atoms with Gasteiger partial charge in [0, 0.05) is 36.3 Å². The highest BCUT2D eigenvalue weighted by molar-refractivity contribution is 5.93. The lowest BCUT2D eigenvalue weighted by Crippen LogP contribution is -2.36. The minimum Gasteiger partial charge on any atom is -0.417 e. The van der Waals surface area contributed by atoms with E-state index in [2.05, 4.69) is 29.8 Å². The van der Waals surface area contributed by atoms with Gasteiger partial charge in [0.25, 0.3) is 0 Å². The summed E-state index contributed by atoms with van der Waals surface area (Å²) in [7, 11) is 0. The van der Waals surface area contributed by atoms with Crippen LogP contribution in [-0.4, -0.2) is 53.1 Å². The molecule has 4 heterocycles. The summed E-state index contributed by atoms with van der Waals surface area (Å²) >= 11 is 0. The van der Waals surface area contributed by atoms with Gasteiger partial charge in [-0.25, -0.2) is 9.97 Å². The van der Waals surface area contributed by atoms with Crippen molar-refractivity contribution in [1.29, 1.82) is 0 Å². The molecule has 7 nitrogen and oxygen atoms in total. The number of morpholine rings is 1. The van der Waals surface area contributed by atoms with E-state index in [-0.39, 0.29) is 5.88 Å². The Labute approximate surface area is 141 Å². The summed E-state index contributed by atoms with van der Waals surface area (Å²) in [4.78, 5) is 10.4. The first-order valence-corrected chi connectivity index (χ1v) is 7.79. The van der Waals surface area contributed by atoms with E-state index in [4.69, 9.17) is 4.74 Å². The lowest BCUT2D eigenvalue weighted by molar-refractivity contribution is -0.0527. The number of hydrogen-bond donors (Lipinski definition) is 1.